The molecule has 1 aliphatic carbocycles. The molecule has 0 N–H and O–H groups in total. The van der Waals surface area contributed by atoms with Gasteiger partial charge in [-0.15, -0.1) is 0 Å². The molecule has 0 amide bonds. The molecule has 2 heteroatoms. The van der Waals surface area contributed by atoms with E-state index in [0.717, 1.165) is 45.7 Å². The fraction of sp³-hybridized carbons (Fsp3) is 0.478. The molecular weight excluding hydrogens is 304 g/mol. The largest absolute Gasteiger partial charge is 0.300 e. The minimum absolute atomic E-state index is 1.05. The van der Waals surface area contributed by atoms with Crippen LogP contribution in [0.15, 0.2) is 36.4 Å². The molecule has 0 fully saturated rings. The second-order valence-corrected chi connectivity index (χ2v) is 7.08. The third-order valence-corrected chi connectivity index (χ3v) is 5.62. The average Bonchev–Trinajstić information content (AvgIpc) is 3.01. The number of hydrogen-bond acceptors (Lipinski definition) is 2. The first-order chi connectivity index (χ1) is 12.2. The number of nitrogens with zero attached hydrogens (tertiary/aromatic N) is 2. The second kappa shape index (κ2) is 8.16. The quantitative estimate of drug-likeness (QED) is 0.575. The standard InChI is InChI=1S/C23H32N2/c1-5-24(6-2)16-18-10-12-22-21(13-18)15-20-11-9-19(14-23(20)22)17-25(7-3)8-4/h9-14H,5-8,15-17H2,1-4H3. The Kier molecular flexibility index (Phi) is 5.93. The Balaban J connectivity index is 1.83. The summed E-state index contributed by atoms with van der Waals surface area (Å²) in [5, 5.41) is 0. The minimum Gasteiger partial charge on any atom is -0.300 e. The fourth-order valence-corrected chi connectivity index (χ4v) is 3.90. The fourth-order valence-electron chi connectivity index (χ4n) is 3.90. The molecule has 0 saturated carbocycles. The first-order valence-corrected chi connectivity index (χ1v) is 9.87. The number of rotatable bonds is 8. The van der Waals surface area contributed by atoms with E-state index in [9.17, 15) is 0 Å². The zero-order chi connectivity index (χ0) is 17.8. The van der Waals surface area contributed by atoms with Gasteiger partial charge in [-0.05, 0) is 72.0 Å². The molecule has 1 aliphatic rings. The molecule has 2 aromatic rings. The summed E-state index contributed by atoms with van der Waals surface area (Å²) in [6.45, 7) is 15.5. The molecule has 0 atom stereocenters. The van der Waals surface area contributed by atoms with Gasteiger partial charge in [0.1, 0.15) is 0 Å². The molecule has 0 saturated heterocycles. The Morgan fingerprint density at radius 2 is 1.20 bits per heavy atom. The Bertz CT molecular complexity index is 712. The van der Waals surface area contributed by atoms with Crippen LogP contribution in [-0.2, 0) is 19.5 Å². The lowest BCUT2D eigenvalue weighted by atomic mass is 10.0. The number of benzene rings is 2. The number of hydrogen-bond donors (Lipinski definition) is 0. The van der Waals surface area contributed by atoms with Crippen molar-refractivity contribution < 1.29 is 0 Å². The lowest BCUT2D eigenvalue weighted by molar-refractivity contribution is 0.296. The third-order valence-electron chi connectivity index (χ3n) is 5.62. The summed E-state index contributed by atoms with van der Waals surface area (Å²) in [7, 11) is 0. The second-order valence-electron chi connectivity index (χ2n) is 7.08. The van der Waals surface area contributed by atoms with Crippen molar-refractivity contribution in [3.05, 3.63) is 58.7 Å². The highest BCUT2D eigenvalue weighted by molar-refractivity contribution is 5.77. The summed E-state index contributed by atoms with van der Waals surface area (Å²) >= 11 is 0. The summed E-state index contributed by atoms with van der Waals surface area (Å²) in [5.41, 5.74) is 8.76. The van der Waals surface area contributed by atoms with Crippen LogP contribution in [0, 0.1) is 0 Å². The van der Waals surface area contributed by atoms with E-state index >= 15 is 0 Å². The molecule has 0 spiro atoms. The smallest absolute Gasteiger partial charge is 0.0233 e. The van der Waals surface area contributed by atoms with Crippen molar-refractivity contribution in [2.24, 2.45) is 0 Å². The van der Waals surface area contributed by atoms with Crippen molar-refractivity contribution in [3.63, 3.8) is 0 Å². The van der Waals surface area contributed by atoms with Gasteiger partial charge in [0.2, 0.25) is 0 Å². The van der Waals surface area contributed by atoms with Gasteiger partial charge in [-0.1, -0.05) is 58.0 Å². The monoisotopic (exact) mass is 336 g/mol. The Morgan fingerprint density at radius 3 is 1.80 bits per heavy atom. The molecule has 0 aliphatic heterocycles. The summed E-state index contributed by atoms with van der Waals surface area (Å²) in [4.78, 5) is 4.96. The summed E-state index contributed by atoms with van der Waals surface area (Å²) in [6.07, 6.45) is 1.09. The van der Waals surface area contributed by atoms with Gasteiger partial charge < -0.3 is 0 Å². The topological polar surface area (TPSA) is 6.48 Å². The van der Waals surface area contributed by atoms with Gasteiger partial charge in [-0.3, -0.25) is 9.80 Å². The van der Waals surface area contributed by atoms with Crippen LogP contribution in [-0.4, -0.2) is 36.0 Å². The first-order valence-electron chi connectivity index (χ1n) is 9.87. The zero-order valence-corrected chi connectivity index (χ0v) is 16.3. The maximum absolute atomic E-state index is 2.48. The maximum Gasteiger partial charge on any atom is 0.0233 e. The van der Waals surface area contributed by atoms with Crippen LogP contribution in [0.4, 0.5) is 0 Å². The minimum atomic E-state index is 1.05. The van der Waals surface area contributed by atoms with Gasteiger partial charge in [0.15, 0.2) is 0 Å². The SMILES string of the molecule is CCN(CC)Cc1ccc2c(c1)Cc1ccc(CN(CC)CC)cc1-2. The predicted molar refractivity (Wildman–Crippen MR) is 108 cm³/mol. The van der Waals surface area contributed by atoms with Gasteiger partial charge >= 0.3 is 0 Å². The first kappa shape index (κ1) is 18.2. The van der Waals surface area contributed by atoms with E-state index in [4.69, 9.17) is 0 Å². The van der Waals surface area contributed by atoms with Gasteiger partial charge in [0.25, 0.3) is 0 Å². The molecule has 0 aromatic heterocycles. The van der Waals surface area contributed by atoms with Gasteiger partial charge in [-0.2, -0.15) is 0 Å². The molecule has 2 aromatic carbocycles. The highest BCUT2D eigenvalue weighted by atomic mass is 15.1. The van der Waals surface area contributed by atoms with Crippen molar-refractivity contribution >= 4 is 0 Å². The molecule has 0 heterocycles. The molecule has 134 valence electrons. The molecule has 25 heavy (non-hydrogen) atoms. The van der Waals surface area contributed by atoms with Gasteiger partial charge in [0, 0.05) is 13.1 Å². The van der Waals surface area contributed by atoms with Crippen LogP contribution in [0.2, 0.25) is 0 Å². The van der Waals surface area contributed by atoms with E-state index in [2.05, 4.69) is 73.9 Å². The lowest BCUT2D eigenvalue weighted by Crippen LogP contribution is -2.22. The van der Waals surface area contributed by atoms with Gasteiger partial charge in [-0.25, -0.2) is 0 Å². The van der Waals surface area contributed by atoms with Crippen molar-refractivity contribution in [2.45, 2.75) is 47.2 Å². The molecule has 3 rings (SSSR count). The van der Waals surface area contributed by atoms with Crippen LogP contribution in [0.3, 0.4) is 0 Å². The van der Waals surface area contributed by atoms with Crippen molar-refractivity contribution in [3.8, 4) is 11.1 Å². The zero-order valence-electron chi connectivity index (χ0n) is 16.3. The van der Waals surface area contributed by atoms with E-state index in [1.54, 1.807) is 0 Å². The Labute approximate surface area is 153 Å². The molecule has 0 unspecified atom stereocenters. The average molecular weight is 337 g/mol. The normalized spacial score (nSPS) is 12.7. The van der Waals surface area contributed by atoms with Crippen molar-refractivity contribution in [2.75, 3.05) is 26.2 Å². The van der Waals surface area contributed by atoms with Crippen LogP contribution in [0.5, 0.6) is 0 Å². The van der Waals surface area contributed by atoms with Crippen LogP contribution >= 0.6 is 0 Å². The van der Waals surface area contributed by atoms with Crippen LogP contribution in [0.25, 0.3) is 11.1 Å². The molecule has 2 nitrogen and oxygen atoms in total. The predicted octanol–water partition coefficient (Wildman–Crippen LogP) is 4.94. The number of fused-ring (bicyclic) bond motifs is 3. The van der Waals surface area contributed by atoms with E-state index in [0.29, 0.717) is 0 Å². The van der Waals surface area contributed by atoms with Crippen LogP contribution in [0.1, 0.15) is 49.9 Å². The highest BCUT2D eigenvalue weighted by Gasteiger charge is 2.19. The molecular formula is C23H32N2. The summed E-state index contributed by atoms with van der Waals surface area (Å²) in [5.74, 6) is 0. The lowest BCUT2D eigenvalue weighted by Gasteiger charge is -2.19. The summed E-state index contributed by atoms with van der Waals surface area (Å²) < 4.78 is 0. The van der Waals surface area contributed by atoms with E-state index < -0.39 is 0 Å². The van der Waals surface area contributed by atoms with Crippen LogP contribution < -0.4 is 0 Å². The molecule has 0 bridgehead atoms. The van der Waals surface area contributed by atoms with Gasteiger partial charge in [0.05, 0.1) is 0 Å². The van der Waals surface area contributed by atoms with E-state index in [1.165, 1.54) is 33.4 Å². The highest BCUT2D eigenvalue weighted by Crippen LogP contribution is 2.37. The van der Waals surface area contributed by atoms with Crippen molar-refractivity contribution in [1.29, 1.82) is 0 Å². The Hall–Kier alpha value is -1.64. The third kappa shape index (κ3) is 3.96. The maximum atomic E-state index is 2.48. The summed E-state index contributed by atoms with van der Waals surface area (Å²) in [6, 6.07) is 14.2. The van der Waals surface area contributed by atoms with E-state index in [1.807, 2.05) is 0 Å². The van der Waals surface area contributed by atoms with Crippen molar-refractivity contribution in [1.82, 2.24) is 9.80 Å². The van der Waals surface area contributed by atoms with E-state index in [-0.39, 0.29) is 0 Å². The molecule has 0 radical (unpaired) electrons. The Morgan fingerprint density at radius 1 is 0.640 bits per heavy atom.